The molecule has 0 bridgehead atoms. The van der Waals surface area contributed by atoms with Crippen molar-refractivity contribution in [1.82, 2.24) is 14.8 Å². The van der Waals surface area contributed by atoms with Gasteiger partial charge in [0, 0.05) is 12.0 Å². The number of hydrogen-bond acceptors (Lipinski definition) is 4. The van der Waals surface area contributed by atoms with E-state index in [-0.39, 0.29) is 5.75 Å². The van der Waals surface area contributed by atoms with E-state index in [1.807, 2.05) is 0 Å². The van der Waals surface area contributed by atoms with Gasteiger partial charge in [0.15, 0.2) is 5.16 Å². The molecular weight excluding hydrogens is 274 g/mol. The maximum Gasteiger partial charge on any atom is 0.313 e. The van der Waals surface area contributed by atoms with Gasteiger partial charge in [-0.2, -0.15) is 0 Å². The van der Waals surface area contributed by atoms with Crippen molar-refractivity contribution in [3.8, 4) is 0 Å². The topological polar surface area (TPSA) is 68.0 Å². The number of rotatable bonds is 5. The first-order chi connectivity index (χ1) is 9.65. The Balaban J connectivity index is 1.81. The van der Waals surface area contributed by atoms with Crippen LogP contribution in [0.25, 0.3) is 0 Å². The quantitative estimate of drug-likeness (QED) is 0.845. The van der Waals surface area contributed by atoms with Gasteiger partial charge < -0.3 is 9.67 Å². The van der Waals surface area contributed by atoms with Crippen LogP contribution in [0.1, 0.15) is 63.2 Å². The normalized spacial score (nSPS) is 26.6. The third-order valence-corrected chi connectivity index (χ3v) is 5.24. The molecule has 3 rings (SSSR count). The molecule has 0 atom stereocenters. The van der Waals surface area contributed by atoms with E-state index in [9.17, 15) is 4.79 Å². The Morgan fingerprint density at radius 3 is 2.55 bits per heavy atom. The summed E-state index contributed by atoms with van der Waals surface area (Å²) in [5.41, 5.74) is 0. The van der Waals surface area contributed by atoms with Gasteiger partial charge >= 0.3 is 5.97 Å². The van der Waals surface area contributed by atoms with E-state index in [1.165, 1.54) is 50.3 Å². The molecule has 0 unspecified atom stereocenters. The second kappa shape index (κ2) is 5.76. The highest BCUT2D eigenvalue weighted by molar-refractivity contribution is 7.99. The summed E-state index contributed by atoms with van der Waals surface area (Å²) in [5, 5.41) is 18.3. The molecule has 2 fully saturated rings. The van der Waals surface area contributed by atoms with Gasteiger partial charge in [-0.3, -0.25) is 4.79 Å². The second-order valence-corrected chi connectivity index (χ2v) is 7.02. The fourth-order valence-electron chi connectivity index (χ4n) is 2.98. The molecule has 0 aliphatic heterocycles. The average molecular weight is 295 g/mol. The van der Waals surface area contributed by atoms with Crippen LogP contribution in [0.15, 0.2) is 5.16 Å². The Labute approximate surface area is 123 Å². The SMILES string of the molecule is CC1CCC(n2c(SCC(=O)O)nnc2C2CC2)CC1. The van der Waals surface area contributed by atoms with Gasteiger partial charge in [-0.15, -0.1) is 10.2 Å². The highest BCUT2D eigenvalue weighted by atomic mass is 32.2. The van der Waals surface area contributed by atoms with Crippen LogP contribution in [0.3, 0.4) is 0 Å². The minimum absolute atomic E-state index is 0.0614. The van der Waals surface area contributed by atoms with E-state index in [4.69, 9.17) is 5.11 Å². The molecule has 1 aromatic heterocycles. The van der Waals surface area contributed by atoms with E-state index < -0.39 is 5.97 Å². The molecule has 1 aromatic rings. The number of carboxylic acids is 1. The van der Waals surface area contributed by atoms with Crippen molar-refractivity contribution in [2.45, 2.75) is 62.6 Å². The largest absolute Gasteiger partial charge is 0.481 e. The van der Waals surface area contributed by atoms with E-state index in [0.29, 0.717) is 12.0 Å². The van der Waals surface area contributed by atoms with Crippen LogP contribution in [0.2, 0.25) is 0 Å². The highest BCUT2D eigenvalue weighted by Gasteiger charge is 2.33. The minimum Gasteiger partial charge on any atom is -0.481 e. The van der Waals surface area contributed by atoms with E-state index in [0.717, 1.165) is 16.9 Å². The van der Waals surface area contributed by atoms with Crippen LogP contribution in [-0.4, -0.2) is 31.6 Å². The van der Waals surface area contributed by atoms with Gasteiger partial charge in [-0.25, -0.2) is 0 Å². The molecule has 1 heterocycles. The second-order valence-electron chi connectivity index (χ2n) is 6.08. The predicted molar refractivity (Wildman–Crippen MR) is 77.0 cm³/mol. The zero-order chi connectivity index (χ0) is 14.1. The Hall–Kier alpha value is -1.04. The molecule has 5 nitrogen and oxygen atoms in total. The van der Waals surface area contributed by atoms with Gasteiger partial charge in [0.25, 0.3) is 0 Å². The third kappa shape index (κ3) is 3.00. The van der Waals surface area contributed by atoms with Crippen LogP contribution in [0, 0.1) is 5.92 Å². The zero-order valence-electron chi connectivity index (χ0n) is 11.8. The molecule has 20 heavy (non-hydrogen) atoms. The molecule has 2 saturated carbocycles. The lowest BCUT2D eigenvalue weighted by molar-refractivity contribution is -0.133. The molecule has 0 aromatic carbocycles. The van der Waals surface area contributed by atoms with Gasteiger partial charge in [-0.05, 0) is 44.4 Å². The van der Waals surface area contributed by atoms with Crippen LogP contribution >= 0.6 is 11.8 Å². The number of aliphatic carboxylic acids is 1. The monoisotopic (exact) mass is 295 g/mol. The molecule has 1 N–H and O–H groups in total. The summed E-state index contributed by atoms with van der Waals surface area (Å²) in [7, 11) is 0. The third-order valence-electron chi connectivity index (χ3n) is 4.31. The van der Waals surface area contributed by atoms with Crippen molar-refractivity contribution in [3.63, 3.8) is 0 Å². The summed E-state index contributed by atoms with van der Waals surface area (Å²) in [6.45, 7) is 2.31. The number of hydrogen-bond donors (Lipinski definition) is 1. The maximum absolute atomic E-state index is 10.8. The van der Waals surface area contributed by atoms with E-state index in [1.54, 1.807) is 0 Å². The average Bonchev–Trinajstić information content (AvgIpc) is 3.18. The van der Waals surface area contributed by atoms with Crippen LogP contribution in [0.5, 0.6) is 0 Å². The van der Waals surface area contributed by atoms with Gasteiger partial charge in [0.05, 0.1) is 5.75 Å². The van der Waals surface area contributed by atoms with Crippen molar-refractivity contribution in [1.29, 1.82) is 0 Å². The van der Waals surface area contributed by atoms with Gasteiger partial charge in [0.2, 0.25) is 0 Å². The lowest BCUT2D eigenvalue weighted by Gasteiger charge is -2.29. The van der Waals surface area contributed by atoms with Crippen molar-refractivity contribution < 1.29 is 9.90 Å². The van der Waals surface area contributed by atoms with Gasteiger partial charge in [-0.1, -0.05) is 18.7 Å². The fraction of sp³-hybridized carbons (Fsp3) is 0.786. The van der Waals surface area contributed by atoms with Gasteiger partial charge in [0.1, 0.15) is 5.82 Å². The lowest BCUT2D eigenvalue weighted by atomic mass is 9.87. The zero-order valence-corrected chi connectivity index (χ0v) is 12.6. The first kappa shape index (κ1) is 13.9. The number of aromatic nitrogens is 3. The summed E-state index contributed by atoms with van der Waals surface area (Å²) in [5.74, 6) is 1.72. The number of nitrogens with zero attached hydrogens (tertiary/aromatic N) is 3. The van der Waals surface area contributed by atoms with Crippen LogP contribution < -0.4 is 0 Å². The summed E-state index contributed by atoms with van der Waals surface area (Å²) in [6, 6.07) is 0.466. The van der Waals surface area contributed by atoms with E-state index in [2.05, 4.69) is 21.7 Å². The van der Waals surface area contributed by atoms with Crippen molar-refractivity contribution in [2.24, 2.45) is 5.92 Å². The first-order valence-electron chi connectivity index (χ1n) is 7.44. The highest BCUT2D eigenvalue weighted by Crippen LogP contribution is 2.43. The van der Waals surface area contributed by atoms with Crippen molar-refractivity contribution in [3.05, 3.63) is 5.82 Å². The number of carbonyl (C=O) groups is 1. The molecule has 0 radical (unpaired) electrons. The summed E-state index contributed by atoms with van der Waals surface area (Å²) in [6.07, 6.45) is 7.22. The Bertz CT molecular complexity index is 491. The van der Waals surface area contributed by atoms with Crippen molar-refractivity contribution in [2.75, 3.05) is 5.75 Å². The molecule has 0 spiro atoms. The molecule has 110 valence electrons. The lowest BCUT2D eigenvalue weighted by Crippen LogP contribution is -2.19. The maximum atomic E-state index is 10.8. The Kier molecular flexibility index (Phi) is 4.01. The van der Waals surface area contributed by atoms with Crippen molar-refractivity contribution >= 4 is 17.7 Å². The molecule has 2 aliphatic rings. The minimum atomic E-state index is -0.796. The van der Waals surface area contributed by atoms with Crippen LogP contribution in [-0.2, 0) is 4.79 Å². The summed E-state index contributed by atoms with van der Waals surface area (Å²) < 4.78 is 2.26. The van der Waals surface area contributed by atoms with E-state index >= 15 is 0 Å². The predicted octanol–water partition coefficient (Wildman–Crippen LogP) is 3.08. The number of thioether (sulfide) groups is 1. The Morgan fingerprint density at radius 1 is 1.25 bits per heavy atom. The molecule has 2 aliphatic carbocycles. The smallest absolute Gasteiger partial charge is 0.313 e. The number of carboxylic acid groups (broad SMARTS) is 1. The standard InChI is InChI=1S/C14H21N3O2S/c1-9-2-6-11(7-3-9)17-13(10-4-5-10)15-16-14(17)20-8-12(18)19/h9-11H,2-8H2,1H3,(H,18,19). The molecular formula is C14H21N3O2S. The van der Waals surface area contributed by atoms with Crippen LogP contribution in [0.4, 0.5) is 0 Å². The first-order valence-corrected chi connectivity index (χ1v) is 8.43. The Morgan fingerprint density at radius 2 is 1.95 bits per heavy atom. The summed E-state index contributed by atoms with van der Waals surface area (Å²) >= 11 is 1.31. The fourth-order valence-corrected chi connectivity index (χ4v) is 3.71. The molecule has 6 heteroatoms. The molecule has 0 amide bonds. The summed E-state index contributed by atoms with van der Waals surface area (Å²) in [4.78, 5) is 10.8. The molecule has 0 saturated heterocycles.